The third-order valence-corrected chi connectivity index (χ3v) is 5.00. The number of carbonyl (C=O) groups is 1. The molecule has 2 heterocycles. The van der Waals surface area contributed by atoms with Crippen molar-refractivity contribution < 1.29 is 27.4 Å². The molecule has 1 aromatic carbocycles. The zero-order valence-electron chi connectivity index (χ0n) is 20.8. The Morgan fingerprint density at radius 1 is 0.972 bits per heavy atom. The summed E-state index contributed by atoms with van der Waals surface area (Å²) in [6.45, 7) is 5.67. The van der Waals surface area contributed by atoms with Crippen LogP contribution in [0.2, 0.25) is 0 Å². The Morgan fingerprint density at radius 2 is 1.64 bits per heavy atom. The predicted molar refractivity (Wildman–Crippen MR) is 134 cm³/mol. The van der Waals surface area contributed by atoms with Crippen LogP contribution in [0, 0.1) is 0 Å². The smallest absolute Gasteiger partial charge is 0.389 e. The van der Waals surface area contributed by atoms with Crippen molar-refractivity contribution >= 4 is 28.7 Å². The highest BCUT2D eigenvalue weighted by molar-refractivity contribution is 5.97. The predicted octanol–water partition coefficient (Wildman–Crippen LogP) is 5.99. The number of rotatable bonds is 8. The van der Waals surface area contributed by atoms with Crippen LogP contribution < -0.4 is 25.4 Å². The molecule has 0 saturated carbocycles. The van der Waals surface area contributed by atoms with Gasteiger partial charge in [-0.3, -0.25) is 5.32 Å². The first-order valence-corrected chi connectivity index (χ1v) is 11.3. The van der Waals surface area contributed by atoms with Gasteiger partial charge in [-0.05, 0) is 63.1 Å². The van der Waals surface area contributed by atoms with Crippen LogP contribution in [0.25, 0.3) is 22.2 Å². The van der Waals surface area contributed by atoms with Gasteiger partial charge in [0, 0.05) is 35.5 Å². The zero-order valence-corrected chi connectivity index (χ0v) is 20.8. The molecule has 3 rings (SSSR count). The summed E-state index contributed by atoms with van der Waals surface area (Å²) in [4.78, 5) is 21.7. The number of fused-ring (bicyclic) bond motifs is 1. The van der Waals surface area contributed by atoms with Crippen molar-refractivity contribution in [2.24, 2.45) is 0 Å². The second kappa shape index (κ2) is 10.9. The Bertz CT molecular complexity index is 1200. The lowest BCUT2D eigenvalue weighted by molar-refractivity contribution is -0.134. The maximum absolute atomic E-state index is 12.7. The molecular weight excluding hydrogens is 475 g/mol. The number of halogens is 3. The number of alkyl halides is 3. The largest absolute Gasteiger partial charge is 0.497 e. The quantitative estimate of drug-likeness (QED) is 0.326. The van der Waals surface area contributed by atoms with E-state index in [-0.39, 0.29) is 18.8 Å². The van der Waals surface area contributed by atoms with E-state index in [9.17, 15) is 18.0 Å². The molecule has 3 N–H and O–H groups in total. The molecule has 0 atom stereocenters. The van der Waals surface area contributed by atoms with Crippen molar-refractivity contribution in [2.75, 3.05) is 31.4 Å². The number of ether oxygens (including phenoxy) is 2. The summed E-state index contributed by atoms with van der Waals surface area (Å²) in [6, 6.07) is 10.1. The first-order valence-electron chi connectivity index (χ1n) is 11.3. The Kier molecular flexibility index (Phi) is 8.11. The number of anilines is 2. The third-order valence-electron chi connectivity index (χ3n) is 5.00. The molecule has 0 fully saturated rings. The Hall–Kier alpha value is -3.76. The SMILES string of the molecule is COc1cc(OC)cc(-c2cc3ccc(NCCCC(F)(F)F)nc3nc2NC(=O)NC(C)(C)C)c1. The van der Waals surface area contributed by atoms with Crippen molar-refractivity contribution in [3.8, 4) is 22.6 Å². The minimum atomic E-state index is -4.20. The van der Waals surface area contributed by atoms with Crippen LogP contribution in [-0.2, 0) is 0 Å². The minimum absolute atomic E-state index is 0.0764. The van der Waals surface area contributed by atoms with Gasteiger partial charge in [0.05, 0.1) is 14.2 Å². The number of hydrogen-bond donors (Lipinski definition) is 3. The molecule has 0 bridgehead atoms. The summed E-state index contributed by atoms with van der Waals surface area (Å²) >= 11 is 0. The monoisotopic (exact) mass is 505 g/mol. The number of carbonyl (C=O) groups excluding carboxylic acids is 1. The topological polar surface area (TPSA) is 97.4 Å². The average molecular weight is 506 g/mol. The zero-order chi connectivity index (χ0) is 26.5. The molecule has 0 aliphatic heterocycles. The van der Waals surface area contributed by atoms with E-state index in [0.29, 0.717) is 39.5 Å². The summed E-state index contributed by atoms with van der Waals surface area (Å²) in [6.07, 6.45) is -5.16. The highest BCUT2D eigenvalue weighted by Crippen LogP contribution is 2.35. The lowest BCUT2D eigenvalue weighted by Gasteiger charge is -2.21. The van der Waals surface area contributed by atoms with Gasteiger partial charge in [0.25, 0.3) is 0 Å². The van der Waals surface area contributed by atoms with Crippen LogP contribution in [0.3, 0.4) is 0 Å². The van der Waals surface area contributed by atoms with Crippen LogP contribution >= 0.6 is 0 Å². The molecule has 8 nitrogen and oxygen atoms in total. The number of aromatic nitrogens is 2. The number of nitrogens with zero attached hydrogens (tertiary/aromatic N) is 2. The van der Waals surface area contributed by atoms with Crippen molar-refractivity contribution in [2.45, 2.75) is 45.3 Å². The summed E-state index contributed by atoms with van der Waals surface area (Å²) in [5.41, 5.74) is 1.14. The van der Waals surface area contributed by atoms with E-state index in [1.807, 2.05) is 26.8 Å². The number of amides is 2. The van der Waals surface area contributed by atoms with E-state index >= 15 is 0 Å². The first-order chi connectivity index (χ1) is 16.9. The first kappa shape index (κ1) is 26.8. The molecule has 194 valence electrons. The molecule has 0 radical (unpaired) electrons. The van der Waals surface area contributed by atoms with Gasteiger partial charge in [-0.15, -0.1) is 0 Å². The molecule has 2 amide bonds. The van der Waals surface area contributed by atoms with Crippen LogP contribution in [-0.4, -0.2) is 48.5 Å². The highest BCUT2D eigenvalue weighted by Gasteiger charge is 2.26. The summed E-state index contributed by atoms with van der Waals surface area (Å²) < 4.78 is 48.0. The van der Waals surface area contributed by atoms with E-state index in [4.69, 9.17) is 9.47 Å². The van der Waals surface area contributed by atoms with Gasteiger partial charge in [-0.1, -0.05) is 0 Å². The Morgan fingerprint density at radius 3 is 2.22 bits per heavy atom. The molecule has 11 heteroatoms. The molecule has 2 aromatic heterocycles. The van der Waals surface area contributed by atoms with Crippen LogP contribution in [0.15, 0.2) is 36.4 Å². The maximum Gasteiger partial charge on any atom is 0.389 e. The van der Waals surface area contributed by atoms with Gasteiger partial charge in [0.15, 0.2) is 5.65 Å². The van der Waals surface area contributed by atoms with Crippen molar-refractivity contribution in [3.05, 3.63) is 36.4 Å². The Labute approximate surface area is 207 Å². The molecule has 0 saturated heterocycles. The molecule has 36 heavy (non-hydrogen) atoms. The van der Waals surface area contributed by atoms with Gasteiger partial charge in [-0.2, -0.15) is 13.2 Å². The summed E-state index contributed by atoms with van der Waals surface area (Å²) in [5, 5.41) is 9.19. The number of hydrogen-bond acceptors (Lipinski definition) is 6. The standard InChI is InChI=1S/C25H30F3N5O3/c1-24(2,3)33-23(34)32-22-19(16-11-17(35-4)14-18(12-16)36-5)13-15-7-8-20(30-21(15)31-22)29-10-6-9-25(26,27)28/h7-8,11-14H,6,9-10H2,1-5H3,(H3,29,30,31,32,33,34). The number of nitrogens with one attached hydrogen (secondary N) is 3. The lowest BCUT2D eigenvalue weighted by Crippen LogP contribution is -2.43. The van der Waals surface area contributed by atoms with Crippen LogP contribution in [0.4, 0.5) is 29.6 Å². The van der Waals surface area contributed by atoms with E-state index in [1.54, 1.807) is 44.6 Å². The second-order valence-electron chi connectivity index (χ2n) is 9.20. The van der Waals surface area contributed by atoms with E-state index in [2.05, 4.69) is 25.9 Å². The number of methoxy groups -OCH3 is 2. The van der Waals surface area contributed by atoms with Gasteiger partial charge in [0.1, 0.15) is 23.1 Å². The number of urea groups is 1. The molecule has 3 aromatic rings. The molecule has 0 unspecified atom stereocenters. The lowest BCUT2D eigenvalue weighted by atomic mass is 10.0. The number of pyridine rings is 2. The maximum atomic E-state index is 12.7. The molecule has 0 aliphatic carbocycles. The van der Waals surface area contributed by atoms with E-state index in [0.717, 1.165) is 0 Å². The van der Waals surface area contributed by atoms with Gasteiger partial charge < -0.3 is 20.1 Å². The fourth-order valence-corrected chi connectivity index (χ4v) is 3.41. The minimum Gasteiger partial charge on any atom is -0.497 e. The second-order valence-corrected chi connectivity index (χ2v) is 9.20. The van der Waals surface area contributed by atoms with Crippen molar-refractivity contribution in [1.82, 2.24) is 15.3 Å². The van der Waals surface area contributed by atoms with Crippen LogP contribution in [0.1, 0.15) is 33.6 Å². The Balaban J connectivity index is 2.00. The van der Waals surface area contributed by atoms with Crippen molar-refractivity contribution in [3.63, 3.8) is 0 Å². The molecule has 0 spiro atoms. The summed E-state index contributed by atoms with van der Waals surface area (Å²) in [5.74, 6) is 1.76. The summed E-state index contributed by atoms with van der Waals surface area (Å²) in [7, 11) is 3.08. The third kappa shape index (κ3) is 7.62. The molecule has 0 aliphatic rings. The normalized spacial score (nSPS) is 11.8. The number of benzene rings is 1. The van der Waals surface area contributed by atoms with E-state index < -0.39 is 24.2 Å². The van der Waals surface area contributed by atoms with Gasteiger partial charge in [-0.25, -0.2) is 14.8 Å². The fraction of sp³-hybridized carbons (Fsp3) is 0.400. The fourth-order valence-electron chi connectivity index (χ4n) is 3.41. The molecular formula is C25H30F3N5O3. The van der Waals surface area contributed by atoms with Gasteiger partial charge in [0.2, 0.25) is 0 Å². The van der Waals surface area contributed by atoms with Crippen LogP contribution in [0.5, 0.6) is 11.5 Å². The highest BCUT2D eigenvalue weighted by atomic mass is 19.4. The average Bonchev–Trinajstić information content (AvgIpc) is 2.79. The van der Waals surface area contributed by atoms with Crippen molar-refractivity contribution in [1.29, 1.82) is 0 Å². The van der Waals surface area contributed by atoms with E-state index in [1.165, 1.54) is 0 Å². The van der Waals surface area contributed by atoms with Gasteiger partial charge >= 0.3 is 12.2 Å².